The van der Waals surface area contributed by atoms with E-state index in [0.29, 0.717) is 0 Å². The van der Waals surface area contributed by atoms with E-state index in [-0.39, 0.29) is 29.4 Å². The number of rotatable bonds is 7. The lowest BCUT2D eigenvalue weighted by atomic mass is 9.86. The zero-order chi connectivity index (χ0) is 20.0. The summed E-state index contributed by atoms with van der Waals surface area (Å²) in [6.45, 7) is 5.99. The normalized spacial score (nSPS) is 11.9. The number of guanidine groups is 1. The standard InChI is InChI=1S/C21H27ClN6.HI/c1-21(2,14-16-7-6-8-17(22)13-16)15-25-20(23-3)24-11-10-19-27-26-18-9-4-5-12-28(18)19;/h4-9,12-13H,10-11,14-15H2,1-3H3,(H2,23,24,25);1H. The van der Waals surface area contributed by atoms with Crippen LogP contribution >= 0.6 is 35.6 Å². The van der Waals surface area contributed by atoms with Crippen LogP contribution in [0.4, 0.5) is 0 Å². The van der Waals surface area contributed by atoms with Gasteiger partial charge >= 0.3 is 0 Å². The van der Waals surface area contributed by atoms with Crippen LogP contribution in [0.15, 0.2) is 53.7 Å². The van der Waals surface area contributed by atoms with Crippen LogP contribution < -0.4 is 10.6 Å². The fourth-order valence-corrected chi connectivity index (χ4v) is 3.37. The summed E-state index contributed by atoms with van der Waals surface area (Å²) in [5.74, 6) is 1.72. The van der Waals surface area contributed by atoms with Crippen LogP contribution in [0, 0.1) is 5.41 Å². The Morgan fingerprint density at radius 1 is 1.14 bits per heavy atom. The Bertz CT molecular complexity index is 953. The van der Waals surface area contributed by atoms with Crippen molar-refractivity contribution in [3.8, 4) is 0 Å². The molecule has 0 unspecified atom stereocenters. The summed E-state index contributed by atoms with van der Waals surface area (Å²) in [4.78, 5) is 4.32. The summed E-state index contributed by atoms with van der Waals surface area (Å²) in [7, 11) is 1.78. The molecule has 3 aromatic rings. The zero-order valence-electron chi connectivity index (χ0n) is 17.0. The number of nitrogens with one attached hydrogen (secondary N) is 2. The van der Waals surface area contributed by atoms with Crippen LogP contribution in [0.3, 0.4) is 0 Å². The van der Waals surface area contributed by atoms with E-state index in [9.17, 15) is 0 Å². The molecule has 0 fully saturated rings. The molecular weight excluding hydrogens is 499 g/mol. The minimum atomic E-state index is 0. The van der Waals surface area contributed by atoms with Gasteiger partial charge in [-0.2, -0.15) is 0 Å². The molecule has 1 aromatic carbocycles. The van der Waals surface area contributed by atoms with Gasteiger partial charge in [0.1, 0.15) is 5.82 Å². The molecule has 0 aliphatic carbocycles. The highest BCUT2D eigenvalue weighted by Gasteiger charge is 2.19. The van der Waals surface area contributed by atoms with Gasteiger partial charge in [-0.05, 0) is 41.7 Å². The average molecular weight is 527 g/mol. The van der Waals surface area contributed by atoms with Crippen molar-refractivity contribution in [1.82, 2.24) is 25.2 Å². The Labute approximate surface area is 194 Å². The van der Waals surface area contributed by atoms with E-state index >= 15 is 0 Å². The first-order chi connectivity index (χ1) is 13.5. The molecule has 29 heavy (non-hydrogen) atoms. The molecule has 0 spiro atoms. The number of benzene rings is 1. The Hall–Kier alpha value is -1.87. The Balaban J connectivity index is 0.00000300. The first-order valence-electron chi connectivity index (χ1n) is 9.44. The lowest BCUT2D eigenvalue weighted by molar-refractivity contribution is 0.359. The predicted molar refractivity (Wildman–Crippen MR) is 130 cm³/mol. The topological polar surface area (TPSA) is 66.6 Å². The van der Waals surface area contributed by atoms with Crippen LogP contribution in [0.25, 0.3) is 5.65 Å². The SMILES string of the molecule is CN=C(NCCc1nnc2ccccn12)NCC(C)(C)Cc1cccc(Cl)c1.I. The summed E-state index contributed by atoms with van der Waals surface area (Å²) in [6.07, 6.45) is 3.68. The summed E-state index contributed by atoms with van der Waals surface area (Å²) in [5, 5.41) is 16.0. The van der Waals surface area contributed by atoms with E-state index in [4.69, 9.17) is 11.6 Å². The molecule has 0 saturated heterocycles. The van der Waals surface area contributed by atoms with Crippen molar-refractivity contribution >= 4 is 47.2 Å². The molecule has 3 rings (SSSR count). The van der Waals surface area contributed by atoms with Crippen LogP contribution in [0.1, 0.15) is 25.2 Å². The zero-order valence-corrected chi connectivity index (χ0v) is 20.1. The summed E-state index contributed by atoms with van der Waals surface area (Å²) < 4.78 is 2.01. The quantitative estimate of drug-likeness (QED) is 0.278. The van der Waals surface area contributed by atoms with E-state index in [1.54, 1.807) is 7.05 Å². The van der Waals surface area contributed by atoms with Gasteiger partial charge < -0.3 is 10.6 Å². The maximum absolute atomic E-state index is 6.10. The van der Waals surface area contributed by atoms with Gasteiger partial charge in [-0.3, -0.25) is 9.39 Å². The third-order valence-corrected chi connectivity index (χ3v) is 4.79. The fourth-order valence-electron chi connectivity index (χ4n) is 3.16. The minimum Gasteiger partial charge on any atom is -0.356 e. The number of pyridine rings is 1. The summed E-state index contributed by atoms with van der Waals surface area (Å²) in [6, 6.07) is 13.9. The van der Waals surface area contributed by atoms with Crippen molar-refractivity contribution in [1.29, 1.82) is 0 Å². The molecule has 0 atom stereocenters. The number of fused-ring (bicyclic) bond motifs is 1. The highest BCUT2D eigenvalue weighted by Crippen LogP contribution is 2.22. The van der Waals surface area contributed by atoms with E-state index in [2.05, 4.69) is 45.7 Å². The van der Waals surface area contributed by atoms with E-state index in [1.165, 1.54) is 5.56 Å². The number of halogens is 2. The molecule has 0 radical (unpaired) electrons. The van der Waals surface area contributed by atoms with E-state index in [0.717, 1.165) is 48.4 Å². The second-order valence-electron chi connectivity index (χ2n) is 7.62. The largest absolute Gasteiger partial charge is 0.356 e. The molecular formula is C21H28ClIN6. The van der Waals surface area contributed by atoms with Crippen LogP contribution in [-0.2, 0) is 12.8 Å². The molecule has 2 N–H and O–H groups in total. The van der Waals surface area contributed by atoms with Crippen molar-refractivity contribution < 1.29 is 0 Å². The van der Waals surface area contributed by atoms with Crippen molar-refractivity contribution in [2.24, 2.45) is 10.4 Å². The number of aliphatic imine (C=N–C) groups is 1. The molecule has 0 bridgehead atoms. The number of aromatic nitrogens is 3. The first kappa shape index (κ1) is 23.4. The third-order valence-electron chi connectivity index (χ3n) is 4.56. The molecule has 0 saturated carbocycles. The monoisotopic (exact) mass is 526 g/mol. The smallest absolute Gasteiger partial charge is 0.191 e. The second-order valence-corrected chi connectivity index (χ2v) is 8.05. The van der Waals surface area contributed by atoms with Crippen LogP contribution in [0.5, 0.6) is 0 Å². The predicted octanol–water partition coefficient (Wildman–Crippen LogP) is 3.98. The number of hydrogen-bond donors (Lipinski definition) is 2. The molecule has 6 nitrogen and oxygen atoms in total. The Kier molecular flexibility index (Phi) is 8.70. The fraction of sp³-hybridized carbons (Fsp3) is 0.381. The Morgan fingerprint density at radius 3 is 2.72 bits per heavy atom. The van der Waals surface area contributed by atoms with Crippen molar-refractivity contribution in [3.05, 3.63) is 65.1 Å². The highest BCUT2D eigenvalue weighted by molar-refractivity contribution is 14.0. The summed E-state index contributed by atoms with van der Waals surface area (Å²) >= 11 is 6.10. The summed E-state index contributed by atoms with van der Waals surface area (Å²) in [5.41, 5.74) is 2.16. The van der Waals surface area contributed by atoms with Gasteiger partial charge in [0.25, 0.3) is 0 Å². The van der Waals surface area contributed by atoms with Gasteiger partial charge in [-0.1, -0.05) is 43.6 Å². The molecule has 0 aliphatic heterocycles. The molecule has 8 heteroatoms. The lowest BCUT2D eigenvalue weighted by Gasteiger charge is -2.26. The molecule has 2 aromatic heterocycles. The van der Waals surface area contributed by atoms with Crippen LogP contribution in [0.2, 0.25) is 5.02 Å². The second kappa shape index (κ2) is 10.8. The molecule has 0 aliphatic rings. The van der Waals surface area contributed by atoms with Gasteiger partial charge in [0.15, 0.2) is 11.6 Å². The van der Waals surface area contributed by atoms with Crippen LogP contribution in [-0.4, -0.2) is 40.7 Å². The maximum atomic E-state index is 6.10. The average Bonchev–Trinajstić information content (AvgIpc) is 3.07. The third kappa shape index (κ3) is 6.85. The maximum Gasteiger partial charge on any atom is 0.191 e. The van der Waals surface area contributed by atoms with Crippen molar-refractivity contribution in [2.45, 2.75) is 26.7 Å². The first-order valence-corrected chi connectivity index (χ1v) is 9.82. The lowest BCUT2D eigenvalue weighted by Crippen LogP contribution is -2.43. The molecule has 156 valence electrons. The van der Waals surface area contributed by atoms with Gasteiger partial charge in [-0.15, -0.1) is 34.2 Å². The van der Waals surface area contributed by atoms with E-state index < -0.39 is 0 Å². The number of hydrogen-bond acceptors (Lipinski definition) is 3. The number of nitrogens with zero attached hydrogens (tertiary/aromatic N) is 4. The van der Waals surface area contributed by atoms with Gasteiger partial charge in [0, 0.05) is 37.8 Å². The van der Waals surface area contributed by atoms with Crippen molar-refractivity contribution in [2.75, 3.05) is 20.1 Å². The minimum absolute atomic E-state index is 0. The highest BCUT2D eigenvalue weighted by atomic mass is 127. The van der Waals surface area contributed by atoms with Crippen molar-refractivity contribution in [3.63, 3.8) is 0 Å². The molecule has 2 heterocycles. The Morgan fingerprint density at radius 2 is 1.97 bits per heavy atom. The molecule has 0 amide bonds. The van der Waals surface area contributed by atoms with Gasteiger partial charge in [0.05, 0.1) is 0 Å². The van der Waals surface area contributed by atoms with E-state index in [1.807, 2.05) is 47.0 Å². The van der Waals surface area contributed by atoms with Gasteiger partial charge in [-0.25, -0.2) is 0 Å². The van der Waals surface area contributed by atoms with Gasteiger partial charge in [0.2, 0.25) is 0 Å².